The Bertz CT molecular complexity index is 844. The van der Waals surface area contributed by atoms with E-state index in [0.717, 1.165) is 16.9 Å². The molecule has 1 aliphatic heterocycles. The first-order valence-electron chi connectivity index (χ1n) is 8.59. The van der Waals surface area contributed by atoms with Crippen LogP contribution in [0.25, 0.3) is 0 Å². The predicted molar refractivity (Wildman–Crippen MR) is 107 cm³/mol. The molecule has 2 unspecified atom stereocenters. The van der Waals surface area contributed by atoms with Crippen molar-refractivity contribution in [3.63, 3.8) is 0 Å². The summed E-state index contributed by atoms with van der Waals surface area (Å²) in [6, 6.07) is 12.3. The SMILES string of the molecule is CCOc1ccccc1/C=N/NC(=O)C1CC(c2ccc(Cl)cc2Cl)NN1. The van der Waals surface area contributed by atoms with Crippen LogP contribution in [0.5, 0.6) is 5.75 Å². The fraction of sp³-hybridized carbons (Fsp3) is 0.263. The van der Waals surface area contributed by atoms with Crippen LogP contribution in [-0.2, 0) is 4.79 Å². The van der Waals surface area contributed by atoms with Crippen LogP contribution in [0.15, 0.2) is 47.6 Å². The Labute approximate surface area is 167 Å². The third-order valence-corrected chi connectivity index (χ3v) is 4.72. The molecule has 0 radical (unpaired) electrons. The Hall–Kier alpha value is -2.12. The van der Waals surface area contributed by atoms with Gasteiger partial charge in [0, 0.05) is 21.7 Å². The van der Waals surface area contributed by atoms with Gasteiger partial charge in [0.2, 0.25) is 0 Å². The second-order valence-electron chi connectivity index (χ2n) is 6.00. The third kappa shape index (κ3) is 4.99. The molecule has 0 aromatic heterocycles. The first kappa shape index (κ1) is 19.6. The minimum Gasteiger partial charge on any atom is -0.493 e. The van der Waals surface area contributed by atoms with Crippen LogP contribution >= 0.6 is 23.2 Å². The summed E-state index contributed by atoms with van der Waals surface area (Å²) in [6.07, 6.45) is 2.11. The number of hydrogen-bond donors (Lipinski definition) is 3. The Kier molecular flexibility index (Phi) is 6.68. The first-order chi connectivity index (χ1) is 13.1. The quantitative estimate of drug-likeness (QED) is 0.507. The monoisotopic (exact) mass is 406 g/mol. The summed E-state index contributed by atoms with van der Waals surface area (Å²) in [4.78, 5) is 12.3. The number of rotatable bonds is 6. The molecule has 1 heterocycles. The average molecular weight is 407 g/mol. The molecular formula is C19H20Cl2N4O2. The van der Waals surface area contributed by atoms with Crippen LogP contribution in [-0.4, -0.2) is 24.8 Å². The molecular weight excluding hydrogens is 387 g/mol. The number of carbonyl (C=O) groups excluding carboxylic acids is 1. The molecule has 0 bridgehead atoms. The molecule has 1 fully saturated rings. The number of nitrogens with zero attached hydrogens (tertiary/aromatic N) is 1. The molecule has 2 aromatic carbocycles. The van der Waals surface area contributed by atoms with Crippen molar-refractivity contribution in [1.29, 1.82) is 0 Å². The summed E-state index contributed by atoms with van der Waals surface area (Å²) in [5, 5.41) is 5.18. The van der Waals surface area contributed by atoms with E-state index in [0.29, 0.717) is 23.1 Å². The molecule has 27 heavy (non-hydrogen) atoms. The van der Waals surface area contributed by atoms with Crippen molar-refractivity contribution in [3.05, 3.63) is 63.6 Å². The maximum absolute atomic E-state index is 12.3. The van der Waals surface area contributed by atoms with Gasteiger partial charge in [0.25, 0.3) is 5.91 Å². The Morgan fingerprint density at radius 3 is 2.89 bits per heavy atom. The normalized spacial score (nSPS) is 19.4. The van der Waals surface area contributed by atoms with E-state index in [2.05, 4.69) is 21.4 Å². The summed E-state index contributed by atoms with van der Waals surface area (Å²) in [5.41, 5.74) is 10.3. The van der Waals surface area contributed by atoms with E-state index in [1.807, 2.05) is 37.3 Å². The number of halogens is 2. The summed E-state index contributed by atoms with van der Waals surface area (Å²) < 4.78 is 5.53. The Morgan fingerprint density at radius 1 is 1.30 bits per heavy atom. The summed E-state index contributed by atoms with van der Waals surface area (Å²) in [5.74, 6) is 0.483. The largest absolute Gasteiger partial charge is 0.493 e. The Morgan fingerprint density at radius 2 is 2.11 bits per heavy atom. The van der Waals surface area contributed by atoms with Gasteiger partial charge >= 0.3 is 0 Å². The average Bonchev–Trinajstić information content (AvgIpc) is 3.13. The number of nitrogens with one attached hydrogen (secondary N) is 3. The van der Waals surface area contributed by atoms with Gasteiger partial charge in [0.15, 0.2) is 0 Å². The van der Waals surface area contributed by atoms with Gasteiger partial charge in [-0.3, -0.25) is 4.79 Å². The topological polar surface area (TPSA) is 74.8 Å². The zero-order valence-corrected chi connectivity index (χ0v) is 16.2. The van der Waals surface area contributed by atoms with E-state index in [1.54, 1.807) is 18.3 Å². The van der Waals surface area contributed by atoms with Gasteiger partial charge < -0.3 is 4.74 Å². The fourth-order valence-corrected chi connectivity index (χ4v) is 3.37. The van der Waals surface area contributed by atoms with Crippen molar-refractivity contribution in [3.8, 4) is 5.75 Å². The van der Waals surface area contributed by atoms with Crippen molar-refractivity contribution in [2.75, 3.05) is 6.61 Å². The molecule has 3 N–H and O–H groups in total. The number of ether oxygens (including phenoxy) is 1. The molecule has 8 heteroatoms. The van der Waals surface area contributed by atoms with Crippen LogP contribution in [0, 0.1) is 0 Å². The zero-order chi connectivity index (χ0) is 19.2. The molecule has 6 nitrogen and oxygen atoms in total. The van der Waals surface area contributed by atoms with E-state index in [-0.39, 0.29) is 11.9 Å². The molecule has 3 rings (SSSR count). The molecule has 2 aromatic rings. The highest BCUT2D eigenvalue weighted by Crippen LogP contribution is 2.30. The lowest BCUT2D eigenvalue weighted by Crippen LogP contribution is -2.41. The van der Waals surface area contributed by atoms with Crippen LogP contribution in [0.2, 0.25) is 10.0 Å². The van der Waals surface area contributed by atoms with Crippen LogP contribution < -0.4 is 21.0 Å². The molecule has 0 spiro atoms. The summed E-state index contributed by atoms with van der Waals surface area (Å²) in [7, 11) is 0. The van der Waals surface area contributed by atoms with Gasteiger partial charge in [-0.05, 0) is 43.2 Å². The minimum atomic E-state index is -0.430. The second-order valence-corrected chi connectivity index (χ2v) is 6.84. The number of hydrogen-bond acceptors (Lipinski definition) is 5. The van der Waals surface area contributed by atoms with Crippen molar-refractivity contribution in [2.24, 2.45) is 5.10 Å². The molecule has 1 saturated heterocycles. The number of amides is 1. The summed E-state index contributed by atoms with van der Waals surface area (Å²) in [6.45, 7) is 2.47. The Balaban J connectivity index is 1.58. The van der Waals surface area contributed by atoms with Crippen molar-refractivity contribution < 1.29 is 9.53 Å². The van der Waals surface area contributed by atoms with E-state index in [4.69, 9.17) is 27.9 Å². The third-order valence-electron chi connectivity index (χ3n) is 4.15. The van der Waals surface area contributed by atoms with E-state index >= 15 is 0 Å². The molecule has 0 saturated carbocycles. The maximum atomic E-state index is 12.3. The highest BCUT2D eigenvalue weighted by molar-refractivity contribution is 6.35. The molecule has 2 atom stereocenters. The van der Waals surface area contributed by atoms with Crippen LogP contribution in [0.1, 0.15) is 30.5 Å². The van der Waals surface area contributed by atoms with Gasteiger partial charge in [-0.2, -0.15) is 5.10 Å². The fourth-order valence-electron chi connectivity index (χ4n) is 2.83. The van der Waals surface area contributed by atoms with Gasteiger partial charge in [0.1, 0.15) is 11.8 Å². The van der Waals surface area contributed by atoms with E-state index < -0.39 is 6.04 Å². The van der Waals surface area contributed by atoms with Gasteiger partial charge in [0.05, 0.1) is 12.8 Å². The number of benzene rings is 2. The van der Waals surface area contributed by atoms with Crippen molar-refractivity contribution in [1.82, 2.24) is 16.3 Å². The lowest BCUT2D eigenvalue weighted by molar-refractivity contribution is -0.122. The predicted octanol–water partition coefficient (Wildman–Crippen LogP) is 3.45. The standard InChI is InChI=1S/C19H20Cl2N4O2/c1-2-27-18-6-4-3-5-12(18)11-22-25-19(26)17-10-16(23-24-17)14-8-7-13(20)9-15(14)21/h3-9,11,16-17,23-24H,2,10H2,1H3,(H,25,26)/b22-11+. The lowest BCUT2D eigenvalue weighted by Gasteiger charge is -2.11. The van der Waals surface area contributed by atoms with E-state index in [9.17, 15) is 4.79 Å². The molecule has 0 aliphatic carbocycles. The smallest absolute Gasteiger partial charge is 0.258 e. The van der Waals surface area contributed by atoms with Crippen molar-refractivity contribution >= 4 is 35.3 Å². The zero-order valence-electron chi connectivity index (χ0n) is 14.7. The number of hydrazone groups is 1. The minimum absolute atomic E-state index is 0.0897. The van der Waals surface area contributed by atoms with Crippen molar-refractivity contribution in [2.45, 2.75) is 25.4 Å². The molecule has 1 amide bonds. The first-order valence-corrected chi connectivity index (χ1v) is 9.34. The molecule has 1 aliphatic rings. The number of para-hydroxylation sites is 1. The second kappa shape index (κ2) is 9.19. The van der Waals surface area contributed by atoms with Gasteiger partial charge in [-0.15, -0.1) is 0 Å². The van der Waals surface area contributed by atoms with Gasteiger partial charge in [-0.1, -0.05) is 41.4 Å². The number of hydrazine groups is 1. The van der Waals surface area contributed by atoms with Crippen LogP contribution in [0.3, 0.4) is 0 Å². The van der Waals surface area contributed by atoms with Gasteiger partial charge in [-0.25, -0.2) is 16.3 Å². The highest BCUT2D eigenvalue weighted by atomic mass is 35.5. The number of carbonyl (C=O) groups is 1. The summed E-state index contributed by atoms with van der Waals surface area (Å²) >= 11 is 12.2. The molecule has 142 valence electrons. The lowest BCUT2D eigenvalue weighted by atomic mass is 10.0. The van der Waals surface area contributed by atoms with Crippen LogP contribution in [0.4, 0.5) is 0 Å². The van der Waals surface area contributed by atoms with E-state index in [1.165, 1.54) is 0 Å². The maximum Gasteiger partial charge on any atom is 0.258 e. The highest BCUT2D eigenvalue weighted by Gasteiger charge is 2.31.